The zero-order valence-corrected chi connectivity index (χ0v) is 19.2. The maximum Gasteiger partial charge on any atom is 0.309 e. The molecule has 1 atom stereocenters. The SMILES string of the molecule is CCOC(=O)C1CCN(C(=O)CC(c2ccc(C)cc2)c2cn(C)c3ccccc23)CC1. The predicted molar refractivity (Wildman–Crippen MR) is 126 cm³/mol. The number of carbonyl (C=O) groups is 2. The van der Waals surface area contributed by atoms with Crippen molar-refractivity contribution < 1.29 is 14.3 Å². The van der Waals surface area contributed by atoms with Crippen LogP contribution in [0.25, 0.3) is 10.9 Å². The summed E-state index contributed by atoms with van der Waals surface area (Å²) in [5.41, 5.74) is 4.71. The molecule has 1 amide bonds. The molecule has 1 saturated heterocycles. The second-order valence-corrected chi connectivity index (χ2v) is 8.79. The van der Waals surface area contributed by atoms with Crippen LogP contribution >= 0.6 is 0 Å². The third-order valence-electron chi connectivity index (χ3n) is 6.63. The summed E-state index contributed by atoms with van der Waals surface area (Å²) in [4.78, 5) is 27.3. The van der Waals surface area contributed by atoms with E-state index in [4.69, 9.17) is 4.74 Å². The van der Waals surface area contributed by atoms with Crippen molar-refractivity contribution in [2.45, 2.75) is 39.0 Å². The zero-order valence-electron chi connectivity index (χ0n) is 19.2. The first-order valence-electron chi connectivity index (χ1n) is 11.5. The number of aromatic nitrogens is 1. The first-order valence-corrected chi connectivity index (χ1v) is 11.5. The van der Waals surface area contributed by atoms with E-state index in [1.54, 1.807) is 0 Å². The third kappa shape index (κ3) is 4.57. The van der Waals surface area contributed by atoms with Crippen LogP contribution in [0, 0.1) is 12.8 Å². The largest absolute Gasteiger partial charge is 0.466 e. The van der Waals surface area contributed by atoms with Crippen LogP contribution in [0.3, 0.4) is 0 Å². The molecule has 4 rings (SSSR count). The molecule has 5 nitrogen and oxygen atoms in total. The van der Waals surface area contributed by atoms with E-state index in [1.807, 2.05) is 17.9 Å². The fraction of sp³-hybridized carbons (Fsp3) is 0.407. The highest BCUT2D eigenvalue weighted by atomic mass is 16.5. The van der Waals surface area contributed by atoms with Crippen LogP contribution in [0.1, 0.15) is 48.8 Å². The lowest BCUT2D eigenvalue weighted by Gasteiger charge is -2.32. The molecule has 0 saturated carbocycles. The van der Waals surface area contributed by atoms with Crippen LogP contribution in [0.5, 0.6) is 0 Å². The van der Waals surface area contributed by atoms with Gasteiger partial charge in [-0.3, -0.25) is 9.59 Å². The molecule has 0 aliphatic carbocycles. The highest BCUT2D eigenvalue weighted by Crippen LogP contribution is 2.35. The van der Waals surface area contributed by atoms with Crippen LogP contribution in [0.15, 0.2) is 54.7 Å². The number of ether oxygens (including phenoxy) is 1. The van der Waals surface area contributed by atoms with E-state index in [2.05, 4.69) is 67.2 Å². The van der Waals surface area contributed by atoms with Crippen molar-refractivity contribution in [1.29, 1.82) is 0 Å². The molecule has 2 aromatic carbocycles. The fourth-order valence-electron chi connectivity index (χ4n) is 4.79. The molecule has 1 unspecified atom stereocenters. The van der Waals surface area contributed by atoms with Crippen LogP contribution in [0.2, 0.25) is 0 Å². The molecule has 1 aliphatic rings. The lowest BCUT2D eigenvalue weighted by atomic mass is 9.87. The number of nitrogens with zero attached hydrogens (tertiary/aromatic N) is 2. The Morgan fingerprint density at radius 2 is 1.75 bits per heavy atom. The van der Waals surface area contributed by atoms with Gasteiger partial charge < -0.3 is 14.2 Å². The number of hydrogen-bond donors (Lipinski definition) is 0. The summed E-state index contributed by atoms with van der Waals surface area (Å²) in [7, 11) is 2.06. The van der Waals surface area contributed by atoms with E-state index in [-0.39, 0.29) is 23.7 Å². The van der Waals surface area contributed by atoms with Gasteiger partial charge in [0.15, 0.2) is 0 Å². The van der Waals surface area contributed by atoms with E-state index >= 15 is 0 Å². The number of aryl methyl sites for hydroxylation is 2. The smallest absolute Gasteiger partial charge is 0.309 e. The average molecular weight is 433 g/mol. The van der Waals surface area contributed by atoms with Crippen molar-refractivity contribution >= 4 is 22.8 Å². The molecule has 32 heavy (non-hydrogen) atoms. The van der Waals surface area contributed by atoms with E-state index in [0.717, 1.165) is 5.56 Å². The summed E-state index contributed by atoms with van der Waals surface area (Å²) >= 11 is 0. The summed E-state index contributed by atoms with van der Waals surface area (Å²) in [6, 6.07) is 16.9. The topological polar surface area (TPSA) is 51.5 Å². The number of esters is 1. The van der Waals surface area contributed by atoms with E-state index in [1.165, 1.54) is 22.0 Å². The van der Waals surface area contributed by atoms with Crippen molar-refractivity contribution in [3.63, 3.8) is 0 Å². The van der Waals surface area contributed by atoms with Gasteiger partial charge in [0.2, 0.25) is 5.91 Å². The zero-order chi connectivity index (χ0) is 22.7. The van der Waals surface area contributed by atoms with Crippen LogP contribution in [0.4, 0.5) is 0 Å². The third-order valence-corrected chi connectivity index (χ3v) is 6.63. The molecule has 0 spiro atoms. The number of para-hydroxylation sites is 1. The van der Waals surface area contributed by atoms with Gasteiger partial charge in [0, 0.05) is 49.6 Å². The van der Waals surface area contributed by atoms with E-state index in [9.17, 15) is 9.59 Å². The summed E-state index contributed by atoms with van der Waals surface area (Å²) in [6.45, 7) is 5.53. The minimum atomic E-state index is -0.132. The number of rotatable bonds is 6. The van der Waals surface area contributed by atoms with Gasteiger partial charge in [-0.25, -0.2) is 0 Å². The highest BCUT2D eigenvalue weighted by Gasteiger charge is 2.30. The van der Waals surface area contributed by atoms with Crippen LogP contribution in [-0.4, -0.2) is 41.0 Å². The molecule has 0 N–H and O–H groups in total. The van der Waals surface area contributed by atoms with E-state index in [0.29, 0.717) is 39.0 Å². The molecule has 1 fully saturated rings. The van der Waals surface area contributed by atoms with Gasteiger partial charge in [0.25, 0.3) is 0 Å². The number of amides is 1. The number of piperidine rings is 1. The second kappa shape index (κ2) is 9.60. The van der Waals surface area contributed by atoms with Gasteiger partial charge in [-0.2, -0.15) is 0 Å². The molecule has 3 aromatic rings. The van der Waals surface area contributed by atoms with E-state index < -0.39 is 0 Å². The van der Waals surface area contributed by atoms with Crippen LogP contribution in [-0.2, 0) is 21.4 Å². The number of fused-ring (bicyclic) bond motifs is 1. The molecule has 5 heteroatoms. The van der Waals surface area contributed by atoms with Gasteiger partial charge in [0.1, 0.15) is 0 Å². The Morgan fingerprint density at radius 3 is 2.44 bits per heavy atom. The predicted octanol–water partition coefficient (Wildman–Crippen LogP) is 4.81. The first kappa shape index (κ1) is 22.1. The summed E-state index contributed by atoms with van der Waals surface area (Å²) in [5.74, 6) is -0.0966. The Balaban J connectivity index is 1.57. The lowest BCUT2D eigenvalue weighted by Crippen LogP contribution is -2.41. The molecular weight excluding hydrogens is 400 g/mol. The molecular formula is C27H32N2O3. The minimum absolute atomic E-state index is 0.0167. The van der Waals surface area contributed by atoms with Crippen LogP contribution < -0.4 is 0 Å². The first-order chi connectivity index (χ1) is 15.5. The number of likely N-dealkylation sites (tertiary alicyclic amines) is 1. The standard InChI is InChI=1S/C27H32N2O3/c1-4-32-27(31)21-13-15-29(16-14-21)26(30)17-23(20-11-9-19(2)10-12-20)24-18-28(3)25-8-6-5-7-22(24)25/h5-12,18,21,23H,4,13-17H2,1-3H3. The van der Waals surface area contributed by atoms with Crippen molar-refractivity contribution in [1.82, 2.24) is 9.47 Å². The monoisotopic (exact) mass is 432 g/mol. The van der Waals surface area contributed by atoms with Gasteiger partial charge in [-0.15, -0.1) is 0 Å². The minimum Gasteiger partial charge on any atom is -0.466 e. The molecule has 1 aromatic heterocycles. The molecule has 168 valence electrons. The van der Waals surface area contributed by atoms with Crippen molar-refractivity contribution in [2.24, 2.45) is 13.0 Å². The molecule has 0 bridgehead atoms. The van der Waals surface area contributed by atoms with Crippen molar-refractivity contribution in [3.05, 3.63) is 71.4 Å². The normalized spacial score (nSPS) is 15.7. The quantitative estimate of drug-likeness (QED) is 0.525. The lowest BCUT2D eigenvalue weighted by molar-refractivity contribution is -0.151. The van der Waals surface area contributed by atoms with Gasteiger partial charge in [-0.05, 0) is 43.9 Å². The highest BCUT2D eigenvalue weighted by molar-refractivity contribution is 5.86. The van der Waals surface area contributed by atoms with Gasteiger partial charge >= 0.3 is 5.97 Å². The maximum absolute atomic E-state index is 13.4. The molecule has 2 heterocycles. The Morgan fingerprint density at radius 1 is 1.06 bits per heavy atom. The second-order valence-electron chi connectivity index (χ2n) is 8.79. The maximum atomic E-state index is 13.4. The van der Waals surface area contributed by atoms with Gasteiger partial charge in [-0.1, -0.05) is 48.0 Å². The Labute approximate surface area is 190 Å². The summed E-state index contributed by atoms with van der Waals surface area (Å²) in [5, 5.41) is 1.19. The summed E-state index contributed by atoms with van der Waals surface area (Å²) in [6.07, 6.45) is 3.93. The molecule has 0 radical (unpaired) electrons. The Hall–Kier alpha value is -3.08. The fourth-order valence-corrected chi connectivity index (χ4v) is 4.79. The number of benzene rings is 2. The summed E-state index contributed by atoms with van der Waals surface area (Å²) < 4.78 is 7.31. The number of carbonyl (C=O) groups excluding carboxylic acids is 2. The number of hydrogen-bond acceptors (Lipinski definition) is 3. The Kier molecular flexibility index (Phi) is 6.63. The average Bonchev–Trinajstić information content (AvgIpc) is 3.15. The van der Waals surface area contributed by atoms with Crippen molar-refractivity contribution in [2.75, 3.05) is 19.7 Å². The van der Waals surface area contributed by atoms with Crippen molar-refractivity contribution in [3.8, 4) is 0 Å². The van der Waals surface area contributed by atoms with Gasteiger partial charge in [0.05, 0.1) is 12.5 Å². The Bertz CT molecular complexity index is 1090. The molecule has 1 aliphatic heterocycles.